The summed E-state index contributed by atoms with van der Waals surface area (Å²) in [7, 11) is 0. The molecular weight excluding hydrogens is 314 g/mol. The van der Waals surface area contributed by atoms with Crippen molar-refractivity contribution in [2.75, 3.05) is 13.1 Å². The molecule has 1 atom stereocenters. The molecule has 0 radical (unpaired) electrons. The number of rotatable bonds is 3. The molecule has 5 heteroatoms. The number of amides is 1. The lowest BCUT2D eigenvalue weighted by molar-refractivity contribution is 0.0663. The molecule has 5 nitrogen and oxygen atoms in total. The number of hydrogen-bond donors (Lipinski definition) is 0. The van der Waals surface area contributed by atoms with Gasteiger partial charge in [-0.3, -0.25) is 9.78 Å². The van der Waals surface area contributed by atoms with Crippen LogP contribution in [0.1, 0.15) is 34.7 Å². The van der Waals surface area contributed by atoms with E-state index in [-0.39, 0.29) is 5.91 Å². The first kappa shape index (κ1) is 15.8. The van der Waals surface area contributed by atoms with Crippen LogP contribution < -0.4 is 0 Å². The fraction of sp³-hybridized carbons (Fsp3) is 0.350. The predicted octanol–water partition coefficient (Wildman–Crippen LogP) is 3.63. The van der Waals surface area contributed by atoms with E-state index in [0.29, 0.717) is 17.4 Å². The molecule has 0 saturated carbocycles. The van der Waals surface area contributed by atoms with Crippen LogP contribution in [-0.2, 0) is 6.42 Å². The Morgan fingerprint density at radius 1 is 1.32 bits per heavy atom. The summed E-state index contributed by atoms with van der Waals surface area (Å²) in [5.41, 5.74) is 2.74. The number of hydrogen-bond acceptors (Lipinski definition) is 4. The van der Waals surface area contributed by atoms with Gasteiger partial charge in [0, 0.05) is 30.7 Å². The Hall–Kier alpha value is -2.69. The summed E-state index contributed by atoms with van der Waals surface area (Å²) in [5, 5.41) is 5.03. The van der Waals surface area contributed by atoms with Gasteiger partial charge in [-0.25, -0.2) is 0 Å². The molecule has 0 spiro atoms. The van der Waals surface area contributed by atoms with Gasteiger partial charge in [0.15, 0.2) is 5.69 Å². The quantitative estimate of drug-likeness (QED) is 0.733. The predicted molar refractivity (Wildman–Crippen MR) is 95.3 cm³/mol. The van der Waals surface area contributed by atoms with Gasteiger partial charge in [0.05, 0.1) is 5.52 Å². The lowest BCUT2D eigenvalue weighted by Gasteiger charge is -2.32. The monoisotopic (exact) mass is 335 g/mol. The smallest absolute Gasteiger partial charge is 0.276 e. The minimum absolute atomic E-state index is 0.0238. The van der Waals surface area contributed by atoms with E-state index in [1.54, 1.807) is 13.0 Å². The van der Waals surface area contributed by atoms with Crippen LogP contribution in [0.2, 0.25) is 0 Å². The van der Waals surface area contributed by atoms with Crippen molar-refractivity contribution >= 4 is 16.8 Å². The fourth-order valence-corrected chi connectivity index (χ4v) is 3.63. The molecule has 3 aromatic rings. The number of aromatic nitrogens is 2. The van der Waals surface area contributed by atoms with E-state index in [4.69, 9.17) is 4.52 Å². The van der Waals surface area contributed by atoms with Crippen LogP contribution in [0.15, 0.2) is 47.1 Å². The highest BCUT2D eigenvalue weighted by molar-refractivity contribution is 5.92. The van der Waals surface area contributed by atoms with E-state index in [9.17, 15) is 4.79 Å². The van der Waals surface area contributed by atoms with Crippen molar-refractivity contribution < 1.29 is 9.32 Å². The number of aryl methyl sites for hydroxylation is 1. The van der Waals surface area contributed by atoms with E-state index in [0.717, 1.165) is 37.9 Å². The van der Waals surface area contributed by atoms with Crippen molar-refractivity contribution in [2.24, 2.45) is 5.92 Å². The Bertz CT molecular complexity index is 903. The second kappa shape index (κ2) is 6.67. The van der Waals surface area contributed by atoms with Gasteiger partial charge in [0.1, 0.15) is 5.76 Å². The zero-order valence-electron chi connectivity index (χ0n) is 14.3. The average molecular weight is 335 g/mol. The molecule has 1 fully saturated rings. The molecule has 3 heterocycles. The Balaban J connectivity index is 1.46. The zero-order valence-corrected chi connectivity index (χ0v) is 14.3. The number of pyridine rings is 1. The van der Waals surface area contributed by atoms with Crippen molar-refractivity contribution in [3.63, 3.8) is 0 Å². The number of carbonyl (C=O) groups excluding carboxylic acids is 1. The fourth-order valence-electron chi connectivity index (χ4n) is 3.63. The number of carbonyl (C=O) groups is 1. The third-order valence-electron chi connectivity index (χ3n) is 4.85. The van der Waals surface area contributed by atoms with Crippen LogP contribution in [0.3, 0.4) is 0 Å². The van der Waals surface area contributed by atoms with Gasteiger partial charge >= 0.3 is 0 Å². The number of likely N-dealkylation sites (tertiary alicyclic amines) is 1. The molecule has 0 bridgehead atoms. The van der Waals surface area contributed by atoms with Gasteiger partial charge in [0.25, 0.3) is 5.91 Å². The van der Waals surface area contributed by atoms with Gasteiger partial charge in [0.2, 0.25) is 0 Å². The molecule has 1 amide bonds. The number of piperidine rings is 1. The highest BCUT2D eigenvalue weighted by Crippen LogP contribution is 2.24. The zero-order chi connectivity index (χ0) is 17.2. The maximum atomic E-state index is 12.6. The Labute approximate surface area is 146 Å². The number of nitrogens with zero attached hydrogens (tertiary/aromatic N) is 3. The third-order valence-corrected chi connectivity index (χ3v) is 4.85. The van der Waals surface area contributed by atoms with Crippen molar-refractivity contribution in [3.8, 4) is 0 Å². The molecule has 1 saturated heterocycles. The lowest BCUT2D eigenvalue weighted by atomic mass is 9.90. The summed E-state index contributed by atoms with van der Waals surface area (Å²) in [4.78, 5) is 18.9. The molecular formula is C20H21N3O2. The third kappa shape index (κ3) is 3.40. The van der Waals surface area contributed by atoms with Crippen LogP contribution in [-0.4, -0.2) is 34.0 Å². The van der Waals surface area contributed by atoms with Gasteiger partial charge in [-0.2, -0.15) is 0 Å². The number of fused-ring (bicyclic) bond motifs is 1. The molecule has 1 aromatic carbocycles. The molecule has 1 aliphatic rings. The first-order valence-electron chi connectivity index (χ1n) is 8.75. The minimum atomic E-state index is -0.0238. The molecule has 0 unspecified atom stereocenters. The van der Waals surface area contributed by atoms with E-state index < -0.39 is 0 Å². The molecule has 4 rings (SSSR count). The van der Waals surface area contributed by atoms with E-state index in [1.165, 1.54) is 10.9 Å². The molecule has 2 aromatic heterocycles. The Morgan fingerprint density at radius 3 is 3.08 bits per heavy atom. The minimum Gasteiger partial charge on any atom is -0.361 e. The molecule has 1 aliphatic heterocycles. The maximum Gasteiger partial charge on any atom is 0.276 e. The normalized spacial score (nSPS) is 17.8. The largest absolute Gasteiger partial charge is 0.361 e. The lowest BCUT2D eigenvalue weighted by Crippen LogP contribution is -2.40. The highest BCUT2D eigenvalue weighted by Gasteiger charge is 2.26. The molecule has 0 N–H and O–H groups in total. The van der Waals surface area contributed by atoms with Crippen molar-refractivity contribution in [1.82, 2.24) is 15.0 Å². The van der Waals surface area contributed by atoms with Gasteiger partial charge in [-0.1, -0.05) is 17.3 Å². The Kier molecular flexibility index (Phi) is 4.22. The van der Waals surface area contributed by atoms with E-state index in [2.05, 4.69) is 34.4 Å². The molecule has 0 aliphatic carbocycles. The van der Waals surface area contributed by atoms with Gasteiger partial charge in [-0.05, 0) is 55.9 Å². The molecule has 25 heavy (non-hydrogen) atoms. The molecule has 128 valence electrons. The topological polar surface area (TPSA) is 59.2 Å². The SMILES string of the molecule is Cc1cc(C(=O)N2CCC[C@@H](Cc3ccc4ncccc4c3)C2)no1. The Morgan fingerprint density at radius 2 is 2.24 bits per heavy atom. The first-order valence-corrected chi connectivity index (χ1v) is 8.75. The van der Waals surface area contributed by atoms with Crippen molar-refractivity contribution in [3.05, 3.63) is 59.6 Å². The van der Waals surface area contributed by atoms with Gasteiger partial charge < -0.3 is 9.42 Å². The van der Waals surface area contributed by atoms with Crippen LogP contribution in [0.4, 0.5) is 0 Å². The highest BCUT2D eigenvalue weighted by atomic mass is 16.5. The van der Waals surface area contributed by atoms with E-state index >= 15 is 0 Å². The summed E-state index contributed by atoms with van der Waals surface area (Å²) in [5.74, 6) is 1.12. The van der Waals surface area contributed by atoms with Gasteiger partial charge in [-0.15, -0.1) is 0 Å². The van der Waals surface area contributed by atoms with E-state index in [1.807, 2.05) is 17.2 Å². The van der Waals surface area contributed by atoms with Crippen molar-refractivity contribution in [2.45, 2.75) is 26.2 Å². The summed E-state index contributed by atoms with van der Waals surface area (Å²) >= 11 is 0. The second-order valence-electron chi connectivity index (χ2n) is 6.82. The van der Waals surface area contributed by atoms with Crippen LogP contribution in [0, 0.1) is 12.8 Å². The summed E-state index contributed by atoms with van der Waals surface area (Å²) in [6, 6.07) is 12.2. The average Bonchev–Trinajstić information content (AvgIpc) is 3.07. The number of benzene rings is 1. The summed E-state index contributed by atoms with van der Waals surface area (Å²) in [6.45, 7) is 3.37. The standard InChI is InChI=1S/C20H21N3O2/c1-14-10-19(22-25-14)20(24)23-9-3-4-16(13-23)11-15-6-7-18-17(12-15)5-2-8-21-18/h2,5-8,10,12,16H,3-4,9,11,13H2,1H3/t16-/m0/s1. The summed E-state index contributed by atoms with van der Waals surface area (Å²) in [6.07, 6.45) is 4.97. The van der Waals surface area contributed by atoms with Crippen LogP contribution >= 0.6 is 0 Å². The van der Waals surface area contributed by atoms with Crippen LogP contribution in [0.25, 0.3) is 10.9 Å². The van der Waals surface area contributed by atoms with Crippen molar-refractivity contribution in [1.29, 1.82) is 0 Å². The maximum absolute atomic E-state index is 12.6. The first-order chi connectivity index (χ1) is 12.2. The van der Waals surface area contributed by atoms with Crippen LogP contribution in [0.5, 0.6) is 0 Å². The second-order valence-corrected chi connectivity index (χ2v) is 6.82. The summed E-state index contributed by atoms with van der Waals surface area (Å²) < 4.78 is 5.04.